The summed E-state index contributed by atoms with van der Waals surface area (Å²) in [5.74, 6) is -1.37. The molecule has 10 heteroatoms. The quantitative estimate of drug-likeness (QED) is 0.673. The van der Waals surface area contributed by atoms with Crippen molar-refractivity contribution in [1.29, 1.82) is 0 Å². The number of carbonyl (C=O) groups is 2. The Morgan fingerprint density at radius 3 is 2.37 bits per heavy atom. The molecule has 0 spiro atoms. The van der Waals surface area contributed by atoms with E-state index in [4.69, 9.17) is 0 Å². The number of imide groups is 1. The van der Waals surface area contributed by atoms with Crippen LogP contribution in [0.2, 0.25) is 0 Å². The van der Waals surface area contributed by atoms with Crippen molar-refractivity contribution in [3.63, 3.8) is 0 Å². The predicted molar refractivity (Wildman–Crippen MR) is 56.9 cm³/mol. The lowest BCUT2D eigenvalue weighted by atomic mass is 10.2. The van der Waals surface area contributed by atoms with E-state index in [0.717, 1.165) is 4.90 Å². The molecule has 0 aliphatic carbocycles. The van der Waals surface area contributed by atoms with Crippen molar-refractivity contribution < 1.29 is 31.2 Å². The number of amides is 3. The second-order valence-electron chi connectivity index (χ2n) is 4.56. The van der Waals surface area contributed by atoms with Crippen molar-refractivity contribution in [3.05, 3.63) is 0 Å². The maximum Gasteiger partial charge on any atom is 0.406 e. The van der Waals surface area contributed by atoms with E-state index in [2.05, 4.69) is 0 Å². The number of alkyl halides is 3. The van der Waals surface area contributed by atoms with E-state index in [9.17, 15) is 31.2 Å². The molecule has 19 heavy (non-hydrogen) atoms. The van der Waals surface area contributed by atoms with Gasteiger partial charge in [-0.3, -0.25) is 9.69 Å². The molecule has 3 amide bonds. The summed E-state index contributed by atoms with van der Waals surface area (Å²) in [5.41, 5.74) is 0. The summed E-state index contributed by atoms with van der Waals surface area (Å²) in [5, 5.41) is 0. The first-order valence-corrected chi connectivity index (χ1v) is 7.29. The Labute approximate surface area is 107 Å². The molecule has 0 radical (unpaired) electrons. The fourth-order valence-electron chi connectivity index (χ4n) is 2.20. The van der Waals surface area contributed by atoms with Gasteiger partial charge in [0.2, 0.25) is 0 Å². The monoisotopic (exact) mass is 300 g/mol. The van der Waals surface area contributed by atoms with Crippen LogP contribution in [-0.4, -0.2) is 67.0 Å². The zero-order valence-corrected chi connectivity index (χ0v) is 10.5. The van der Waals surface area contributed by atoms with Gasteiger partial charge < -0.3 is 4.90 Å². The van der Waals surface area contributed by atoms with Crippen LogP contribution in [0, 0.1) is 0 Å². The van der Waals surface area contributed by atoms with E-state index >= 15 is 0 Å². The smallest absolute Gasteiger partial charge is 0.311 e. The fourth-order valence-corrected chi connectivity index (χ4v) is 3.93. The second-order valence-corrected chi connectivity index (χ2v) is 6.79. The molecule has 0 aromatic carbocycles. The minimum Gasteiger partial charge on any atom is -0.311 e. The largest absolute Gasteiger partial charge is 0.406 e. The molecule has 0 aromatic rings. The minimum absolute atomic E-state index is 0.116. The number of urea groups is 1. The van der Waals surface area contributed by atoms with E-state index in [-0.39, 0.29) is 22.8 Å². The highest BCUT2D eigenvalue weighted by Gasteiger charge is 2.47. The molecule has 0 bridgehead atoms. The Bertz CT molecular complexity index is 516. The molecule has 0 N–H and O–H groups in total. The Morgan fingerprint density at radius 2 is 1.89 bits per heavy atom. The van der Waals surface area contributed by atoms with Gasteiger partial charge >= 0.3 is 12.2 Å². The van der Waals surface area contributed by atoms with Crippen molar-refractivity contribution in [3.8, 4) is 0 Å². The van der Waals surface area contributed by atoms with E-state index in [0.29, 0.717) is 0 Å². The van der Waals surface area contributed by atoms with Crippen molar-refractivity contribution in [2.45, 2.75) is 18.6 Å². The first kappa shape index (κ1) is 14.1. The van der Waals surface area contributed by atoms with E-state index < -0.39 is 47.1 Å². The SMILES string of the molecule is O=C1CN(C2CCS(=O)(=O)C2)C(=O)N1CC(F)(F)F. The van der Waals surface area contributed by atoms with Crippen LogP contribution in [-0.2, 0) is 14.6 Å². The van der Waals surface area contributed by atoms with Crippen LogP contribution >= 0.6 is 0 Å². The number of rotatable bonds is 2. The average Bonchev–Trinajstić information content (AvgIpc) is 2.71. The first-order chi connectivity index (χ1) is 8.59. The third-order valence-electron chi connectivity index (χ3n) is 3.07. The number of hydrogen-bond acceptors (Lipinski definition) is 4. The number of sulfone groups is 1. The van der Waals surface area contributed by atoms with Gasteiger partial charge in [0.15, 0.2) is 9.84 Å². The van der Waals surface area contributed by atoms with Crippen molar-refractivity contribution in [2.75, 3.05) is 24.6 Å². The first-order valence-electron chi connectivity index (χ1n) is 5.47. The predicted octanol–water partition coefficient (Wildman–Crippen LogP) is -0.000000000000000222. The summed E-state index contributed by atoms with van der Waals surface area (Å²) in [6.07, 6.45) is -4.51. The maximum absolute atomic E-state index is 12.2. The standard InChI is InChI=1S/C9H11F3N2O4S/c10-9(11,12)5-14-7(15)3-13(8(14)16)6-1-2-19(17,18)4-6/h6H,1-5H2. The molecule has 108 valence electrons. The molecule has 2 aliphatic rings. The lowest BCUT2D eigenvalue weighted by Gasteiger charge is -2.22. The number of hydrogen-bond donors (Lipinski definition) is 0. The Hall–Kier alpha value is -1.32. The van der Waals surface area contributed by atoms with Gasteiger partial charge in [-0.2, -0.15) is 13.2 Å². The number of nitrogens with zero attached hydrogens (tertiary/aromatic N) is 2. The van der Waals surface area contributed by atoms with Crippen LogP contribution in [0.3, 0.4) is 0 Å². The average molecular weight is 300 g/mol. The van der Waals surface area contributed by atoms with Crippen LogP contribution in [0.4, 0.5) is 18.0 Å². The van der Waals surface area contributed by atoms with Gasteiger partial charge in [0, 0.05) is 6.04 Å². The molecule has 6 nitrogen and oxygen atoms in total. The molecule has 1 unspecified atom stereocenters. The second kappa shape index (κ2) is 4.36. The number of halogens is 3. The van der Waals surface area contributed by atoms with Gasteiger partial charge in [-0.05, 0) is 6.42 Å². The summed E-state index contributed by atoms with van der Waals surface area (Å²) in [4.78, 5) is 24.2. The lowest BCUT2D eigenvalue weighted by molar-refractivity contribution is -0.151. The van der Waals surface area contributed by atoms with Crippen molar-refractivity contribution in [1.82, 2.24) is 9.80 Å². The van der Waals surface area contributed by atoms with Gasteiger partial charge in [0.1, 0.15) is 13.1 Å². The van der Waals surface area contributed by atoms with Crippen molar-refractivity contribution in [2.24, 2.45) is 0 Å². The highest BCUT2D eigenvalue weighted by molar-refractivity contribution is 7.91. The molecule has 0 aromatic heterocycles. The Balaban J connectivity index is 2.10. The van der Waals surface area contributed by atoms with Crippen LogP contribution in [0.15, 0.2) is 0 Å². The highest BCUT2D eigenvalue weighted by Crippen LogP contribution is 2.25. The highest BCUT2D eigenvalue weighted by atomic mass is 32.2. The third-order valence-corrected chi connectivity index (χ3v) is 4.82. The molecular weight excluding hydrogens is 289 g/mol. The fraction of sp³-hybridized carbons (Fsp3) is 0.778. The van der Waals surface area contributed by atoms with Gasteiger partial charge in [-0.25, -0.2) is 13.2 Å². The summed E-state index contributed by atoms with van der Waals surface area (Å²) in [7, 11) is -3.27. The Morgan fingerprint density at radius 1 is 1.26 bits per heavy atom. The van der Waals surface area contributed by atoms with E-state index in [1.165, 1.54) is 0 Å². The summed E-state index contributed by atoms with van der Waals surface area (Å²) < 4.78 is 59.2. The topological polar surface area (TPSA) is 74.8 Å². The van der Waals surface area contributed by atoms with Crippen LogP contribution in [0.1, 0.15) is 6.42 Å². The third kappa shape index (κ3) is 2.99. The summed E-state index contributed by atoms with van der Waals surface area (Å²) >= 11 is 0. The maximum atomic E-state index is 12.2. The minimum atomic E-state index is -4.66. The van der Waals surface area contributed by atoms with Gasteiger partial charge in [0.25, 0.3) is 5.91 Å². The van der Waals surface area contributed by atoms with Gasteiger partial charge in [0.05, 0.1) is 11.5 Å². The molecular formula is C9H11F3N2O4S. The van der Waals surface area contributed by atoms with Gasteiger partial charge in [-0.1, -0.05) is 0 Å². The zero-order chi connectivity index (χ0) is 14.4. The van der Waals surface area contributed by atoms with Gasteiger partial charge in [-0.15, -0.1) is 0 Å². The molecule has 2 fully saturated rings. The molecule has 2 rings (SSSR count). The molecule has 2 saturated heterocycles. The number of carbonyl (C=O) groups excluding carboxylic acids is 2. The van der Waals surface area contributed by atoms with Crippen molar-refractivity contribution >= 4 is 21.8 Å². The molecule has 2 aliphatic heterocycles. The van der Waals surface area contributed by atoms with E-state index in [1.807, 2.05) is 0 Å². The lowest BCUT2D eigenvalue weighted by Crippen LogP contribution is -2.43. The Kier molecular flexibility index (Phi) is 3.23. The summed E-state index contributed by atoms with van der Waals surface area (Å²) in [6.45, 7) is -2.13. The molecule has 2 heterocycles. The zero-order valence-electron chi connectivity index (χ0n) is 9.68. The van der Waals surface area contributed by atoms with Crippen LogP contribution < -0.4 is 0 Å². The van der Waals surface area contributed by atoms with Crippen LogP contribution in [0.25, 0.3) is 0 Å². The molecule has 0 saturated carbocycles. The van der Waals surface area contributed by atoms with Crippen LogP contribution in [0.5, 0.6) is 0 Å². The molecule has 1 atom stereocenters. The van der Waals surface area contributed by atoms with E-state index in [1.54, 1.807) is 0 Å². The normalized spacial score (nSPS) is 27.4. The summed E-state index contributed by atoms with van der Waals surface area (Å²) in [6, 6.07) is -1.77.